The number of amides is 1. The monoisotopic (exact) mass is 359 g/mol. The van der Waals surface area contributed by atoms with Crippen molar-refractivity contribution in [3.63, 3.8) is 0 Å². The zero-order valence-electron chi connectivity index (χ0n) is 14.0. The molecule has 0 radical (unpaired) electrons. The second kappa shape index (κ2) is 7.53. The molecule has 0 fully saturated rings. The van der Waals surface area contributed by atoms with E-state index in [9.17, 15) is 24.6 Å². The Morgan fingerprint density at radius 2 is 1.15 bits per heavy atom. The van der Waals surface area contributed by atoms with Gasteiger partial charge in [-0.25, -0.2) is 0 Å². The van der Waals surface area contributed by atoms with Gasteiger partial charge in [0.15, 0.2) is 0 Å². The van der Waals surface area contributed by atoms with Crippen LogP contribution in [0.25, 0.3) is 11.1 Å². The van der Waals surface area contributed by atoms with Crippen molar-refractivity contribution in [3.8, 4) is 11.1 Å². The average molecular weight is 359 g/mol. The van der Waals surface area contributed by atoms with Gasteiger partial charge in [-0.05, 0) is 52.6 Å². The summed E-state index contributed by atoms with van der Waals surface area (Å²) < 4.78 is 0. The third kappa shape index (κ3) is 4.19. The van der Waals surface area contributed by atoms with Crippen LogP contribution in [0.15, 0.2) is 72.8 Å². The van der Waals surface area contributed by atoms with Crippen molar-refractivity contribution in [1.29, 1.82) is 0 Å². The fraction of sp³-hybridized carbons (Fsp3) is 0. The zero-order chi connectivity index (χ0) is 19.4. The molecule has 1 N–H and O–H groups in total. The number of aromatic carboxylic acids is 2. The van der Waals surface area contributed by atoms with E-state index < -0.39 is 17.8 Å². The maximum atomic E-state index is 12.4. The Morgan fingerprint density at radius 3 is 1.67 bits per heavy atom. The molecular weight excluding hydrogens is 346 g/mol. The van der Waals surface area contributed by atoms with Gasteiger partial charge in [0.25, 0.3) is 5.91 Å². The fourth-order valence-corrected chi connectivity index (χ4v) is 2.58. The van der Waals surface area contributed by atoms with Gasteiger partial charge >= 0.3 is 0 Å². The largest absolute Gasteiger partial charge is 0.545 e. The number of rotatable bonds is 5. The Labute approximate surface area is 154 Å². The van der Waals surface area contributed by atoms with Gasteiger partial charge in [-0.15, -0.1) is 0 Å². The first-order chi connectivity index (χ1) is 12.9. The highest BCUT2D eigenvalue weighted by Gasteiger charge is 2.09. The number of nitrogens with one attached hydrogen (secondary N) is 1. The number of hydrogen-bond donors (Lipinski definition) is 1. The molecule has 1 amide bonds. The van der Waals surface area contributed by atoms with E-state index in [1.165, 1.54) is 0 Å². The van der Waals surface area contributed by atoms with Crippen molar-refractivity contribution < 1.29 is 24.6 Å². The van der Waals surface area contributed by atoms with E-state index in [4.69, 9.17) is 0 Å². The fourth-order valence-electron chi connectivity index (χ4n) is 2.58. The summed E-state index contributed by atoms with van der Waals surface area (Å²) >= 11 is 0. The van der Waals surface area contributed by atoms with Crippen LogP contribution in [0.3, 0.4) is 0 Å². The Bertz CT molecular complexity index is 978. The molecule has 27 heavy (non-hydrogen) atoms. The number of anilines is 1. The lowest BCUT2D eigenvalue weighted by atomic mass is 10.0. The first-order valence-electron chi connectivity index (χ1n) is 7.98. The number of benzene rings is 3. The third-order valence-electron chi connectivity index (χ3n) is 3.92. The van der Waals surface area contributed by atoms with E-state index in [0.29, 0.717) is 5.56 Å². The second-order valence-corrected chi connectivity index (χ2v) is 5.77. The van der Waals surface area contributed by atoms with Crippen molar-refractivity contribution in [2.45, 2.75) is 0 Å². The maximum absolute atomic E-state index is 12.4. The summed E-state index contributed by atoms with van der Waals surface area (Å²) in [6.45, 7) is 0. The van der Waals surface area contributed by atoms with Crippen LogP contribution < -0.4 is 15.5 Å². The Balaban J connectivity index is 1.83. The van der Waals surface area contributed by atoms with Gasteiger partial charge < -0.3 is 25.1 Å². The number of carbonyl (C=O) groups excluding carboxylic acids is 3. The van der Waals surface area contributed by atoms with Gasteiger partial charge in [0.1, 0.15) is 0 Å². The molecule has 3 rings (SSSR count). The number of hydrogen-bond acceptors (Lipinski definition) is 5. The minimum Gasteiger partial charge on any atom is -0.545 e. The van der Waals surface area contributed by atoms with Crippen LogP contribution in [-0.4, -0.2) is 17.8 Å². The van der Waals surface area contributed by atoms with Gasteiger partial charge in [0, 0.05) is 11.3 Å². The molecule has 0 unspecified atom stereocenters. The minimum absolute atomic E-state index is 0.0213. The van der Waals surface area contributed by atoms with Gasteiger partial charge in [-0.1, -0.05) is 42.5 Å². The first-order valence-corrected chi connectivity index (χ1v) is 7.98. The van der Waals surface area contributed by atoms with E-state index >= 15 is 0 Å². The molecule has 3 aromatic carbocycles. The van der Waals surface area contributed by atoms with Crippen molar-refractivity contribution in [3.05, 3.63) is 89.5 Å². The Morgan fingerprint density at radius 1 is 0.630 bits per heavy atom. The number of carboxylic acid groups (broad SMARTS) is 2. The van der Waals surface area contributed by atoms with E-state index in [0.717, 1.165) is 29.3 Å². The molecule has 0 aromatic heterocycles. The van der Waals surface area contributed by atoms with Crippen LogP contribution in [0.4, 0.5) is 5.69 Å². The number of carboxylic acids is 2. The standard InChI is InChI=1S/C21H15NO5/c23-19(15-8-6-14(7-9-15)13-4-2-1-3-5-13)22-18-11-16(20(24)25)10-17(12-18)21(26)27/h1-12H,(H,22,23)(H,24,25)(H,26,27)/p-2. The second-order valence-electron chi connectivity index (χ2n) is 5.77. The third-order valence-corrected chi connectivity index (χ3v) is 3.92. The van der Waals surface area contributed by atoms with Crippen LogP contribution in [0.1, 0.15) is 31.1 Å². The lowest BCUT2D eigenvalue weighted by Gasteiger charge is -2.12. The molecular formula is C21H13NO5-2. The highest BCUT2D eigenvalue weighted by molar-refractivity contribution is 6.05. The predicted molar refractivity (Wildman–Crippen MR) is 94.9 cm³/mol. The first kappa shape index (κ1) is 17.9. The lowest BCUT2D eigenvalue weighted by molar-refractivity contribution is -0.255. The molecule has 6 heteroatoms. The molecule has 0 saturated carbocycles. The lowest BCUT2D eigenvalue weighted by Crippen LogP contribution is -2.26. The van der Waals surface area contributed by atoms with Gasteiger partial charge in [-0.2, -0.15) is 0 Å². The molecule has 0 heterocycles. The highest BCUT2D eigenvalue weighted by atomic mass is 16.4. The summed E-state index contributed by atoms with van der Waals surface area (Å²) in [4.78, 5) is 34.4. The van der Waals surface area contributed by atoms with Crippen molar-refractivity contribution >= 4 is 23.5 Å². The molecule has 0 bridgehead atoms. The van der Waals surface area contributed by atoms with Gasteiger partial charge in [-0.3, -0.25) is 4.79 Å². The SMILES string of the molecule is O=C([O-])c1cc(NC(=O)c2ccc(-c3ccccc3)cc2)cc(C(=O)[O-])c1. The van der Waals surface area contributed by atoms with E-state index in [-0.39, 0.29) is 16.8 Å². The van der Waals surface area contributed by atoms with E-state index in [2.05, 4.69) is 5.32 Å². The van der Waals surface area contributed by atoms with Gasteiger partial charge in [0.05, 0.1) is 11.9 Å². The van der Waals surface area contributed by atoms with Crippen molar-refractivity contribution in [1.82, 2.24) is 0 Å². The Kier molecular flexibility index (Phi) is 4.99. The van der Waals surface area contributed by atoms with Crippen molar-refractivity contribution in [2.24, 2.45) is 0 Å². The highest BCUT2D eigenvalue weighted by Crippen LogP contribution is 2.20. The Hall–Kier alpha value is -3.93. The molecule has 0 saturated heterocycles. The van der Waals surface area contributed by atoms with Crippen LogP contribution in [-0.2, 0) is 0 Å². The predicted octanol–water partition coefficient (Wildman–Crippen LogP) is 1.33. The zero-order valence-corrected chi connectivity index (χ0v) is 14.0. The molecule has 3 aromatic rings. The van der Waals surface area contributed by atoms with Crippen LogP contribution in [0.2, 0.25) is 0 Å². The normalized spacial score (nSPS) is 10.2. The average Bonchev–Trinajstić information content (AvgIpc) is 2.68. The van der Waals surface area contributed by atoms with E-state index in [1.807, 2.05) is 30.3 Å². The summed E-state index contributed by atoms with van der Waals surface area (Å²) in [5, 5.41) is 24.5. The molecule has 0 aliphatic carbocycles. The smallest absolute Gasteiger partial charge is 0.255 e. The summed E-state index contributed by atoms with van der Waals surface area (Å²) in [6, 6.07) is 19.6. The van der Waals surface area contributed by atoms with Crippen LogP contribution >= 0.6 is 0 Å². The summed E-state index contributed by atoms with van der Waals surface area (Å²) in [6.07, 6.45) is 0. The minimum atomic E-state index is -1.55. The molecule has 0 atom stereocenters. The molecule has 134 valence electrons. The van der Waals surface area contributed by atoms with Crippen LogP contribution in [0, 0.1) is 0 Å². The summed E-state index contributed by atoms with van der Waals surface area (Å²) in [5.41, 5.74) is 1.56. The van der Waals surface area contributed by atoms with Gasteiger partial charge in [0.2, 0.25) is 0 Å². The van der Waals surface area contributed by atoms with Crippen molar-refractivity contribution in [2.75, 3.05) is 5.32 Å². The molecule has 0 spiro atoms. The topological polar surface area (TPSA) is 109 Å². The molecule has 0 aliphatic heterocycles. The summed E-state index contributed by atoms with van der Waals surface area (Å²) in [7, 11) is 0. The molecule has 6 nitrogen and oxygen atoms in total. The number of carbonyl (C=O) groups is 3. The quantitative estimate of drug-likeness (QED) is 0.739. The summed E-state index contributed by atoms with van der Waals surface area (Å²) in [5.74, 6) is -3.61. The molecule has 0 aliphatic rings. The van der Waals surface area contributed by atoms with E-state index in [1.54, 1.807) is 24.3 Å². The maximum Gasteiger partial charge on any atom is 0.255 e. The van der Waals surface area contributed by atoms with Crippen LogP contribution in [0.5, 0.6) is 0 Å².